The van der Waals surface area contributed by atoms with Crippen LogP contribution in [0.1, 0.15) is 5.69 Å². The molecule has 0 saturated heterocycles. The Kier molecular flexibility index (Phi) is 3.59. The van der Waals surface area contributed by atoms with E-state index < -0.39 is 4.92 Å². The van der Waals surface area contributed by atoms with Gasteiger partial charge in [0, 0.05) is 12.1 Å². The van der Waals surface area contributed by atoms with Crippen molar-refractivity contribution in [1.29, 1.82) is 5.26 Å². The number of aromatic nitrogens is 1. The Labute approximate surface area is 113 Å². The van der Waals surface area contributed by atoms with Gasteiger partial charge >= 0.3 is 0 Å². The molecule has 7 heteroatoms. The standard InChI is InChI=1S/C12H6ClN3O3/c13-11-5-9(16(17)18)2-4-12(11)19-10-3-1-8(6-14)15-7-10/h1-5,7H. The van der Waals surface area contributed by atoms with Gasteiger partial charge in [-0.1, -0.05) is 11.6 Å². The average molecular weight is 276 g/mol. The molecule has 2 rings (SSSR count). The molecule has 6 nitrogen and oxygen atoms in total. The molecule has 0 radical (unpaired) electrons. The van der Waals surface area contributed by atoms with Gasteiger partial charge in [-0.2, -0.15) is 5.26 Å². The molecule has 0 aliphatic carbocycles. The van der Waals surface area contributed by atoms with Gasteiger partial charge in [0.2, 0.25) is 0 Å². The highest BCUT2D eigenvalue weighted by atomic mass is 35.5. The number of hydrogen-bond donors (Lipinski definition) is 0. The molecule has 0 atom stereocenters. The summed E-state index contributed by atoms with van der Waals surface area (Å²) < 4.78 is 5.42. The van der Waals surface area contributed by atoms with Crippen molar-refractivity contribution in [3.8, 4) is 17.6 Å². The van der Waals surface area contributed by atoms with Crippen molar-refractivity contribution in [3.05, 3.63) is 57.4 Å². The molecule has 0 aliphatic heterocycles. The van der Waals surface area contributed by atoms with Gasteiger partial charge in [0.05, 0.1) is 16.1 Å². The van der Waals surface area contributed by atoms with E-state index in [1.807, 2.05) is 6.07 Å². The Bertz CT molecular complexity index is 665. The van der Waals surface area contributed by atoms with Crippen LogP contribution in [0.25, 0.3) is 0 Å². The molecule has 1 heterocycles. The number of non-ortho nitro benzene ring substituents is 1. The van der Waals surface area contributed by atoms with E-state index in [0.717, 1.165) is 0 Å². The zero-order valence-electron chi connectivity index (χ0n) is 9.41. The van der Waals surface area contributed by atoms with Gasteiger partial charge in [0.25, 0.3) is 5.69 Å². The number of ether oxygens (including phenoxy) is 1. The summed E-state index contributed by atoms with van der Waals surface area (Å²) in [6.07, 6.45) is 1.37. The summed E-state index contributed by atoms with van der Waals surface area (Å²) in [5.41, 5.74) is 0.150. The van der Waals surface area contributed by atoms with Crippen LogP contribution in [-0.2, 0) is 0 Å². The largest absolute Gasteiger partial charge is 0.454 e. The van der Waals surface area contributed by atoms with Crippen molar-refractivity contribution in [1.82, 2.24) is 4.98 Å². The van der Waals surface area contributed by atoms with Crippen LogP contribution in [0.2, 0.25) is 5.02 Å². The molecule has 94 valence electrons. The third kappa shape index (κ3) is 2.97. The number of nitro groups is 1. The monoisotopic (exact) mass is 275 g/mol. The van der Waals surface area contributed by atoms with Crippen molar-refractivity contribution in [2.75, 3.05) is 0 Å². The predicted octanol–water partition coefficient (Wildman–Crippen LogP) is 3.31. The summed E-state index contributed by atoms with van der Waals surface area (Å²) in [6.45, 7) is 0. The molecule has 0 saturated carbocycles. The number of pyridine rings is 1. The fourth-order valence-corrected chi connectivity index (χ4v) is 1.53. The van der Waals surface area contributed by atoms with E-state index in [9.17, 15) is 10.1 Å². The van der Waals surface area contributed by atoms with Gasteiger partial charge in [0.1, 0.15) is 23.3 Å². The molecule has 19 heavy (non-hydrogen) atoms. The number of nitro benzene ring substituents is 1. The Hall–Kier alpha value is -2.65. The summed E-state index contributed by atoms with van der Waals surface area (Å²) in [4.78, 5) is 13.8. The highest BCUT2D eigenvalue weighted by Crippen LogP contribution is 2.31. The van der Waals surface area contributed by atoms with Crippen LogP contribution in [0, 0.1) is 21.4 Å². The van der Waals surface area contributed by atoms with E-state index in [4.69, 9.17) is 21.6 Å². The SMILES string of the molecule is N#Cc1ccc(Oc2ccc([N+](=O)[O-])cc2Cl)cn1. The van der Waals surface area contributed by atoms with Gasteiger partial charge in [0.15, 0.2) is 0 Å². The number of nitriles is 1. The summed E-state index contributed by atoms with van der Waals surface area (Å²) >= 11 is 5.88. The lowest BCUT2D eigenvalue weighted by Crippen LogP contribution is -1.91. The number of rotatable bonds is 3. The van der Waals surface area contributed by atoms with Crippen LogP contribution in [0.4, 0.5) is 5.69 Å². The summed E-state index contributed by atoms with van der Waals surface area (Å²) in [6, 6.07) is 8.83. The molecular formula is C12H6ClN3O3. The lowest BCUT2D eigenvalue weighted by Gasteiger charge is -2.06. The molecule has 0 fully saturated rings. The molecule has 2 aromatic rings. The Morgan fingerprint density at radius 2 is 2.16 bits per heavy atom. The van der Waals surface area contributed by atoms with Crippen LogP contribution in [0.5, 0.6) is 11.5 Å². The molecule has 0 unspecified atom stereocenters. The smallest absolute Gasteiger partial charge is 0.271 e. The molecule has 0 amide bonds. The minimum absolute atomic E-state index is 0.115. The second-order valence-corrected chi connectivity index (χ2v) is 3.87. The van der Waals surface area contributed by atoms with E-state index in [-0.39, 0.29) is 22.2 Å². The van der Waals surface area contributed by atoms with E-state index >= 15 is 0 Å². The minimum atomic E-state index is -0.543. The maximum Gasteiger partial charge on any atom is 0.271 e. The molecule has 0 aliphatic rings. The Balaban J connectivity index is 2.23. The van der Waals surface area contributed by atoms with Gasteiger partial charge in [-0.25, -0.2) is 4.98 Å². The van der Waals surface area contributed by atoms with E-state index in [1.54, 1.807) is 6.07 Å². The lowest BCUT2D eigenvalue weighted by molar-refractivity contribution is -0.384. The first-order valence-corrected chi connectivity index (χ1v) is 5.46. The molecule has 0 spiro atoms. The third-order valence-corrected chi connectivity index (χ3v) is 2.50. The van der Waals surface area contributed by atoms with Crippen LogP contribution in [0.3, 0.4) is 0 Å². The van der Waals surface area contributed by atoms with Crippen molar-refractivity contribution in [2.45, 2.75) is 0 Å². The van der Waals surface area contributed by atoms with Crippen LogP contribution >= 0.6 is 11.6 Å². The van der Waals surface area contributed by atoms with E-state index in [0.29, 0.717) is 5.75 Å². The molecule has 0 bridgehead atoms. The molecule has 1 aromatic heterocycles. The van der Waals surface area contributed by atoms with E-state index in [1.165, 1.54) is 30.5 Å². The van der Waals surface area contributed by atoms with Crippen molar-refractivity contribution >= 4 is 17.3 Å². The highest BCUT2D eigenvalue weighted by molar-refractivity contribution is 6.32. The van der Waals surface area contributed by atoms with Crippen molar-refractivity contribution in [3.63, 3.8) is 0 Å². The maximum atomic E-state index is 10.6. The Morgan fingerprint density at radius 1 is 1.37 bits per heavy atom. The molecule has 1 aromatic carbocycles. The van der Waals surface area contributed by atoms with Crippen LogP contribution in [-0.4, -0.2) is 9.91 Å². The van der Waals surface area contributed by atoms with Gasteiger partial charge in [-0.3, -0.25) is 10.1 Å². The summed E-state index contributed by atoms with van der Waals surface area (Å²) in [7, 11) is 0. The highest BCUT2D eigenvalue weighted by Gasteiger charge is 2.11. The number of nitrogens with zero attached hydrogens (tertiary/aromatic N) is 3. The third-order valence-electron chi connectivity index (χ3n) is 2.20. The quantitative estimate of drug-likeness (QED) is 0.633. The number of hydrogen-bond acceptors (Lipinski definition) is 5. The number of benzene rings is 1. The van der Waals surface area contributed by atoms with Crippen molar-refractivity contribution in [2.24, 2.45) is 0 Å². The summed E-state index contributed by atoms with van der Waals surface area (Å²) in [5, 5.41) is 19.3. The van der Waals surface area contributed by atoms with Crippen LogP contribution < -0.4 is 4.74 Å². The average Bonchev–Trinajstić information content (AvgIpc) is 2.41. The second-order valence-electron chi connectivity index (χ2n) is 3.46. The van der Waals surface area contributed by atoms with Gasteiger partial charge in [-0.15, -0.1) is 0 Å². The van der Waals surface area contributed by atoms with Gasteiger partial charge < -0.3 is 4.74 Å². The van der Waals surface area contributed by atoms with Crippen molar-refractivity contribution < 1.29 is 9.66 Å². The normalized spacial score (nSPS) is 9.68. The van der Waals surface area contributed by atoms with E-state index in [2.05, 4.69) is 4.98 Å². The molecule has 0 N–H and O–H groups in total. The zero-order valence-corrected chi connectivity index (χ0v) is 10.2. The van der Waals surface area contributed by atoms with Gasteiger partial charge in [-0.05, 0) is 18.2 Å². The first-order valence-electron chi connectivity index (χ1n) is 5.08. The first kappa shape index (κ1) is 12.8. The van der Waals surface area contributed by atoms with Crippen LogP contribution in [0.15, 0.2) is 36.5 Å². The summed E-state index contributed by atoms with van der Waals surface area (Å²) in [5.74, 6) is 0.661. The fraction of sp³-hybridized carbons (Fsp3) is 0. The predicted molar refractivity (Wildman–Crippen MR) is 67.1 cm³/mol. The topological polar surface area (TPSA) is 89.0 Å². The number of halogens is 1. The lowest BCUT2D eigenvalue weighted by atomic mass is 10.3. The molecular weight excluding hydrogens is 270 g/mol. The Morgan fingerprint density at radius 3 is 2.68 bits per heavy atom. The maximum absolute atomic E-state index is 10.6. The zero-order chi connectivity index (χ0) is 13.8. The first-order chi connectivity index (χ1) is 9.10. The minimum Gasteiger partial charge on any atom is -0.454 e. The second kappa shape index (κ2) is 5.33. The fourth-order valence-electron chi connectivity index (χ4n) is 1.32.